The molecule has 21 heavy (non-hydrogen) atoms. The molecule has 3 heteroatoms. The molecule has 0 aromatic heterocycles. The van der Waals surface area contributed by atoms with Gasteiger partial charge in [0.2, 0.25) is 0 Å². The third kappa shape index (κ3) is 4.34. The normalized spacial score (nSPS) is 9.86. The Morgan fingerprint density at radius 1 is 1.19 bits per heavy atom. The van der Waals surface area contributed by atoms with Gasteiger partial charge in [0.05, 0.1) is 6.54 Å². The number of hydrogen-bond acceptors (Lipinski definition) is 2. The molecule has 2 N–H and O–H groups in total. The summed E-state index contributed by atoms with van der Waals surface area (Å²) >= 11 is 0. The predicted octanol–water partition coefficient (Wildman–Crippen LogP) is 3.28. The van der Waals surface area contributed by atoms with Crippen molar-refractivity contribution in [2.24, 2.45) is 5.73 Å². The molecule has 0 aliphatic carbocycles. The molecule has 0 bridgehead atoms. The standard InChI is InChI=1S/C18H18FNO/c1-2-14-5-3-7-17(11-14)21-13-16-9-8-15(6-4-10-20)12-18(16)19/h3,5,7-9,11-12H,2,10,13,20H2,1H3. The molecule has 0 unspecified atom stereocenters. The molecular formula is C18H18FNO. The van der Waals surface area contributed by atoms with Crippen molar-refractivity contribution in [2.45, 2.75) is 20.0 Å². The van der Waals surface area contributed by atoms with E-state index in [1.165, 1.54) is 11.6 Å². The number of aryl methyl sites for hydroxylation is 1. The van der Waals surface area contributed by atoms with Gasteiger partial charge in [-0.05, 0) is 36.2 Å². The number of ether oxygens (including phenoxy) is 1. The second-order valence-corrected chi connectivity index (χ2v) is 4.60. The van der Waals surface area contributed by atoms with Crippen molar-refractivity contribution in [1.82, 2.24) is 0 Å². The van der Waals surface area contributed by atoms with Crippen LogP contribution in [-0.2, 0) is 13.0 Å². The fraction of sp³-hybridized carbons (Fsp3) is 0.222. The van der Waals surface area contributed by atoms with Gasteiger partial charge in [-0.1, -0.05) is 37.0 Å². The Kier molecular flexibility index (Phi) is 5.36. The summed E-state index contributed by atoms with van der Waals surface area (Å²) in [5, 5.41) is 0. The highest BCUT2D eigenvalue weighted by molar-refractivity contribution is 5.37. The van der Waals surface area contributed by atoms with E-state index in [0.29, 0.717) is 11.1 Å². The van der Waals surface area contributed by atoms with Gasteiger partial charge in [0.15, 0.2) is 0 Å². The first-order chi connectivity index (χ1) is 10.2. The zero-order valence-corrected chi connectivity index (χ0v) is 12.0. The maximum Gasteiger partial charge on any atom is 0.131 e. The van der Waals surface area contributed by atoms with E-state index in [0.717, 1.165) is 12.2 Å². The molecule has 0 atom stereocenters. The number of nitrogens with two attached hydrogens (primary N) is 1. The monoisotopic (exact) mass is 283 g/mol. The molecule has 0 fully saturated rings. The van der Waals surface area contributed by atoms with Crippen LogP contribution in [0.3, 0.4) is 0 Å². The maximum atomic E-state index is 13.9. The number of hydrogen-bond donors (Lipinski definition) is 1. The third-order valence-electron chi connectivity index (χ3n) is 3.09. The summed E-state index contributed by atoms with van der Waals surface area (Å²) in [5.74, 6) is 5.94. The molecule has 0 aliphatic rings. The molecule has 0 radical (unpaired) electrons. The van der Waals surface area contributed by atoms with Crippen LogP contribution >= 0.6 is 0 Å². The van der Waals surface area contributed by atoms with E-state index in [1.807, 2.05) is 24.3 Å². The highest BCUT2D eigenvalue weighted by Gasteiger charge is 2.04. The first-order valence-electron chi connectivity index (χ1n) is 6.92. The molecule has 0 saturated heterocycles. The lowest BCUT2D eigenvalue weighted by Gasteiger charge is -2.08. The number of halogens is 1. The molecule has 2 aromatic rings. The molecule has 0 saturated carbocycles. The SMILES string of the molecule is CCc1cccc(OCc2ccc(C#CCN)cc2F)c1. The van der Waals surface area contributed by atoms with Crippen LogP contribution in [0.5, 0.6) is 5.75 Å². The van der Waals surface area contributed by atoms with Gasteiger partial charge in [-0.15, -0.1) is 0 Å². The minimum Gasteiger partial charge on any atom is -0.489 e. The van der Waals surface area contributed by atoms with E-state index in [1.54, 1.807) is 12.1 Å². The Hall–Kier alpha value is -2.31. The summed E-state index contributed by atoms with van der Waals surface area (Å²) < 4.78 is 19.6. The third-order valence-corrected chi connectivity index (χ3v) is 3.09. The van der Waals surface area contributed by atoms with Crippen LogP contribution in [0.4, 0.5) is 4.39 Å². The summed E-state index contributed by atoms with van der Waals surface area (Å²) in [6.45, 7) is 2.55. The van der Waals surface area contributed by atoms with Gasteiger partial charge in [-0.25, -0.2) is 4.39 Å². The Morgan fingerprint density at radius 3 is 2.76 bits per heavy atom. The van der Waals surface area contributed by atoms with Gasteiger partial charge in [0.1, 0.15) is 18.2 Å². The quantitative estimate of drug-likeness (QED) is 0.874. The average molecular weight is 283 g/mol. The van der Waals surface area contributed by atoms with E-state index >= 15 is 0 Å². The van der Waals surface area contributed by atoms with Crippen LogP contribution in [0, 0.1) is 17.7 Å². The lowest BCUT2D eigenvalue weighted by molar-refractivity contribution is 0.299. The van der Waals surface area contributed by atoms with Gasteiger partial charge >= 0.3 is 0 Å². The van der Waals surface area contributed by atoms with Crippen LogP contribution in [0.15, 0.2) is 42.5 Å². The number of rotatable bonds is 4. The summed E-state index contributed by atoms with van der Waals surface area (Å²) in [6, 6.07) is 12.7. The second-order valence-electron chi connectivity index (χ2n) is 4.60. The molecule has 0 spiro atoms. The first kappa shape index (κ1) is 15.1. The van der Waals surface area contributed by atoms with Crippen LogP contribution in [0.2, 0.25) is 0 Å². The van der Waals surface area contributed by atoms with E-state index in [4.69, 9.17) is 10.5 Å². The van der Waals surface area contributed by atoms with Crippen LogP contribution in [0.1, 0.15) is 23.6 Å². The van der Waals surface area contributed by atoms with Crippen molar-refractivity contribution in [3.05, 3.63) is 65.0 Å². The van der Waals surface area contributed by atoms with Gasteiger partial charge in [0, 0.05) is 11.1 Å². The molecule has 2 aromatic carbocycles. The average Bonchev–Trinajstić information content (AvgIpc) is 2.52. The Morgan fingerprint density at radius 2 is 2.05 bits per heavy atom. The van der Waals surface area contributed by atoms with Crippen molar-refractivity contribution in [3.63, 3.8) is 0 Å². The zero-order chi connectivity index (χ0) is 15.1. The summed E-state index contributed by atoms with van der Waals surface area (Å²) in [7, 11) is 0. The highest BCUT2D eigenvalue weighted by Crippen LogP contribution is 2.17. The predicted molar refractivity (Wildman–Crippen MR) is 82.5 cm³/mol. The van der Waals surface area contributed by atoms with E-state index in [9.17, 15) is 4.39 Å². The lowest BCUT2D eigenvalue weighted by Crippen LogP contribution is -1.99. The van der Waals surface area contributed by atoms with Gasteiger partial charge < -0.3 is 10.5 Å². The first-order valence-corrected chi connectivity index (χ1v) is 6.92. The van der Waals surface area contributed by atoms with Crippen molar-refractivity contribution in [2.75, 3.05) is 6.54 Å². The van der Waals surface area contributed by atoms with Gasteiger partial charge in [-0.2, -0.15) is 0 Å². The Bertz CT molecular complexity index is 670. The largest absolute Gasteiger partial charge is 0.489 e. The molecule has 2 rings (SSSR count). The minimum absolute atomic E-state index is 0.198. The molecule has 0 aliphatic heterocycles. The summed E-state index contributed by atoms with van der Waals surface area (Å²) in [6.07, 6.45) is 0.945. The molecule has 108 valence electrons. The molecule has 0 heterocycles. The second kappa shape index (κ2) is 7.47. The summed E-state index contributed by atoms with van der Waals surface area (Å²) in [5.41, 5.74) is 7.62. The Balaban J connectivity index is 2.06. The summed E-state index contributed by atoms with van der Waals surface area (Å²) in [4.78, 5) is 0. The van der Waals surface area contributed by atoms with Gasteiger partial charge in [-0.3, -0.25) is 0 Å². The number of benzene rings is 2. The van der Waals surface area contributed by atoms with Crippen molar-refractivity contribution < 1.29 is 9.13 Å². The van der Waals surface area contributed by atoms with E-state index in [-0.39, 0.29) is 19.0 Å². The fourth-order valence-electron chi connectivity index (χ4n) is 1.91. The maximum absolute atomic E-state index is 13.9. The van der Waals surface area contributed by atoms with Crippen molar-refractivity contribution in [3.8, 4) is 17.6 Å². The molecular weight excluding hydrogens is 265 g/mol. The lowest BCUT2D eigenvalue weighted by atomic mass is 10.1. The minimum atomic E-state index is -0.314. The topological polar surface area (TPSA) is 35.2 Å². The van der Waals surface area contributed by atoms with E-state index in [2.05, 4.69) is 18.8 Å². The smallest absolute Gasteiger partial charge is 0.131 e. The zero-order valence-electron chi connectivity index (χ0n) is 12.0. The van der Waals surface area contributed by atoms with Crippen LogP contribution in [-0.4, -0.2) is 6.54 Å². The van der Waals surface area contributed by atoms with E-state index < -0.39 is 0 Å². The fourth-order valence-corrected chi connectivity index (χ4v) is 1.91. The van der Waals surface area contributed by atoms with Crippen LogP contribution < -0.4 is 10.5 Å². The van der Waals surface area contributed by atoms with Crippen LogP contribution in [0.25, 0.3) is 0 Å². The Labute approximate surface area is 124 Å². The van der Waals surface area contributed by atoms with Crippen molar-refractivity contribution in [1.29, 1.82) is 0 Å². The molecule has 2 nitrogen and oxygen atoms in total. The van der Waals surface area contributed by atoms with Crippen molar-refractivity contribution >= 4 is 0 Å². The highest BCUT2D eigenvalue weighted by atomic mass is 19.1. The molecule has 0 amide bonds. The van der Waals surface area contributed by atoms with Gasteiger partial charge in [0.25, 0.3) is 0 Å².